The topological polar surface area (TPSA) is 29.3 Å². The second-order valence-corrected chi connectivity index (χ2v) is 10.1. The van der Waals surface area contributed by atoms with Gasteiger partial charge in [-0.05, 0) is 29.7 Å². The molecular weight excluding hydrogens is 236 g/mol. The predicted molar refractivity (Wildman–Crippen MR) is 79.4 cm³/mol. The molecule has 0 aromatic rings. The quantitative estimate of drug-likeness (QED) is 0.772. The van der Waals surface area contributed by atoms with E-state index >= 15 is 0 Å². The normalized spacial score (nSPS) is 26.9. The molecule has 0 radical (unpaired) electrons. The minimum atomic E-state index is -1.73. The van der Waals surface area contributed by atoms with Gasteiger partial charge in [0.1, 0.15) is 8.24 Å². The van der Waals surface area contributed by atoms with Crippen LogP contribution in [0.5, 0.6) is 0 Å². The lowest BCUT2D eigenvalue weighted by Crippen LogP contribution is -2.40. The molecule has 2 nitrogen and oxygen atoms in total. The summed E-state index contributed by atoms with van der Waals surface area (Å²) in [6.45, 7) is 6.91. The molecule has 0 bridgehead atoms. The third-order valence-electron chi connectivity index (χ3n) is 4.11. The zero-order valence-corrected chi connectivity index (χ0v) is 12.3. The summed E-state index contributed by atoms with van der Waals surface area (Å²) in [5.74, 6) is 0.471. The maximum atomic E-state index is 6.47. The fourth-order valence-electron chi connectivity index (χ4n) is 3.20. The van der Waals surface area contributed by atoms with E-state index < -0.39 is 8.24 Å². The van der Waals surface area contributed by atoms with Gasteiger partial charge in [0, 0.05) is 24.7 Å². The van der Waals surface area contributed by atoms with Crippen LogP contribution < -0.4 is 5.40 Å². The summed E-state index contributed by atoms with van der Waals surface area (Å²) >= 11 is 0. The highest BCUT2D eigenvalue weighted by molar-refractivity contribution is 6.82. The summed E-state index contributed by atoms with van der Waals surface area (Å²) in [5, 5.41) is 7.91. The number of allylic oxidation sites excluding steroid dienone is 6. The maximum absolute atomic E-state index is 6.47. The van der Waals surface area contributed by atoms with Crippen molar-refractivity contribution in [3.8, 4) is 0 Å². The van der Waals surface area contributed by atoms with E-state index in [2.05, 4.69) is 48.4 Å². The average Bonchev–Trinajstić information content (AvgIpc) is 2.94. The maximum Gasteiger partial charge on any atom is 0.149 e. The van der Waals surface area contributed by atoms with Crippen LogP contribution in [0.1, 0.15) is 12.8 Å². The van der Waals surface area contributed by atoms with E-state index in [1.165, 1.54) is 42.4 Å². The Morgan fingerprint density at radius 3 is 2.61 bits per heavy atom. The zero-order chi connectivity index (χ0) is 12.8. The van der Waals surface area contributed by atoms with Gasteiger partial charge in [-0.25, -0.2) is 0 Å². The first-order valence-electron chi connectivity index (χ1n) is 6.92. The summed E-state index contributed by atoms with van der Waals surface area (Å²) in [6.07, 6.45) is 14.0. The average molecular weight is 258 g/mol. The molecule has 0 spiro atoms. The van der Waals surface area contributed by atoms with Gasteiger partial charge >= 0.3 is 0 Å². The van der Waals surface area contributed by atoms with Gasteiger partial charge in [0.15, 0.2) is 0 Å². The Labute approximate surface area is 111 Å². The summed E-state index contributed by atoms with van der Waals surface area (Å²) < 4.78 is 0. The monoisotopic (exact) mass is 258 g/mol. The van der Waals surface area contributed by atoms with Gasteiger partial charge in [-0.15, -0.1) is 0 Å². The summed E-state index contributed by atoms with van der Waals surface area (Å²) in [6, 6.07) is 0. The molecule has 2 aliphatic carbocycles. The molecule has 1 unspecified atom stereocenters. The SMILES string of the molecule is C[Si](C)(N)C1=C2C=CC=CC2C(N2CCCC2)=C1. The molecule has 18 heavy (non-hydrogen) atoms. The van der Waals surface area contributed by atoms with Crippen molar-refractivity contribution in [1.82, 2.24) is 4.90 Å². The Morgan fingerprint density at radius 1 is 1.22 bits per heavy atom. The molecule has 2 N–H and O–H groups in total. The molecule has 96 valence electrons. The molecule has 0 aromatic heterocycles. The van der Waals surface area contributed by atoms with Crippen LogP contribution in [0.2, 0.25) is 13.1 Å². The van der Waals surface area contributed by atoms with Crippen molar-refractivity contribution >= 4 is 8.24 Å². The fourth-order valence-corrected chi connectivity index (χ4v) is 4.70. The highest BCUT2D eigenvalue weighted by Gasteiger charge is 2.35. The number of likely N-dealkylation sites (tertiary alicyclic amines) is 1. The second kappa shape index (κ2) is 4.25. The Kier molecular flexibility index (Phi) is 2.83. The first-order chi connectivity index (χ1) is 8.57. The van der Waals surface area contributed by atoms with Crippen LogP contribution in [0.4, 0.5) is 0 Å². The lowest BCUT2D eigenvalue weighted by atomic mass is 9.95. The number of fused-ring (bicyclic) bond motifs is 1. The Bertz CT molecular complexity index is 471. The van der Waals surface area contributed by atoms with Crippen molar-refractivity contribution in [2.24, 2.45) is 11.3 Å². The molecule has 1 saturated heterocycles. The first-order valence-corrected chi connectivity index (χ1v) is 10.00. The number of nitrogens with zero attached hydrogens (tertiary/aromatic N) is 1. The summed E-state index contributed by atoms with van der Waals surface area (Å²) in [5.41, 5.74) is 2.95. The number of nitrogens with two attached hydrogens (primary N) is 1. The van der Waals surface area contributed by atoms with Crippen molar-refractivity contribution in [3.05, 3.63) is 46.8 Å². The third kappa shape index (κ3) is 1.91. The highest BCUT2D eigenvalue weighted by atomic mass is 28.3. The Hall–Kier alpha value is -1.06. The molecule has 3 heteroatoms. The van der Waals surface area contributed by atoms with Gasteiger partial charge in [0.2, 0.25) is 0 Å². The van der Waals surface area contributed by atoms with Crippen LogP contribution in [0.25, 0.3) is 0 Å². The van der Waals surface area contributed by atoms with Gasteiger partial charge in [-0.1, -0.05) is 37.4 Å². The molecule has 3 rings (SSSR count). The fraction of sp³-hybridized carbons (Fsp3) is 0.467. The third-order valence-corrected chi connectivity index (χ3v) is 5.93. The predicted octanol–water partition coefficient (Wildman–Crippen LogP) is 2.72. The first kappa shape index (κ1) is 12.0. The molecule has 0 amide bonds. The van der Waals surface area contributed by atoms with Crippen molar-refractivity contribution in [2.75, 3.05) is 13.1 Å². The van der Waals surface area contributed by atoms with E-state index in [0.717, 1.165) is 0 Å². The Balaban J connectivity index is 1.99. The number of rotatable bonds is 2. The Morgan fingerprint density at radius 2 is 1.94 bits per heavy atom. The van der Waals surface area contributed by atoms with Crippen molar-refractivity contribution < 1.29 is 0 Å². The van der Waals surface area contributed by atoms with E-state index in [-0.39, 0.29) is 0 Å². The lowest BCUT2D eigenvalue weighted by Gasteiger charge is -2.25. The molecule has 1 fully saturated rings. The van der Waals surface area contributed by atoms with Gasteiger partial charge in [-0.2, -0.15) is 0 Å². The van der Waals surface area contributed by atoms with E-state index in [9.17, 15) is 0 Å². The zero-order valence-electron chi connectivity index (χ0n) is 11.3. The highest BCUT2D eigenvalue weighted by Crippen LogP contribution is 2.40. The van der Waals surface area contributed by atoms with Crippen LogP contribution in [0.3, 0.4) is 0 Å². The molecule has 1 aliphatic heterocycles. The van der Waals surface area contributed by atoms with Gasteiger partial charge in [0.05, 0.1) is 0 Å². The standard InChI is InChI=1S/C15H22N2Si/c1-18(2,16)15-11-14(17-9-5-6-10-17)12-7-3-4-8-13(12)15/h3-4,7-8,11-12H,5-6,9-10,16H2,1-2H3. The van der Waals surface area contributed by atoms with Gasteiger partial charge in [0.25, 0.3) is 0 Å². The van der Waals surface area contributed by atoms with E-state index in [4.69, 9.17) is 5.40 Å². The minimum Gasteiger partial charge on any atom is -0.374 e. The van der Waals surface area contributed by atoms with Gasteiger partial charge in [-0.3, -0.25) is 0 Å². The molecule has 0 aromatic carbocycles. The van der Waals surface area contributed by atoms with Crippen LogP contribution in [0, 0.1) is 5.92 Å². The van der Waals surface area contributed by atoms with Crippen LogP contribution >= 0.6 is 0 Å². The number of hydrogen-bond acceptors (Lipinski definition) is 2. The van der Waals surface area contributed by atoms with Crippen molar-refractivity contribution in [2.45, 2.75) is 25.9 Å². The molecule has 1 heterocycles. The smallest absolute Gasteiger partial charge is 0.149 e. The summed E-state index contributed by atoms with van der Waals surface area (Å²) in [4.78, 5) is 2.56. The van der Waals surface area contributed by atoms with Gasteiger partial charge < -0.3 is 10.3 Å². The second-order valence-electron chi connectivity index (χ2n) is 6.08. The lowest BCUT2D eigenvalue weighted by molar-refractivity contribution is 0.401. The van der Waals surface area contributed by atoms with Crippen molar-refractivity contribution in [1.29, 1.82) is 0 Å². The van der Waals surface area contributed by atoms with Crippen molar-refractivity contribution in [3.63, 3.8) is 0 Å². The van der Waals surface area contributed by atoms with E-state index in [1.54, 1.807) is 0 Å². The molecule has 3 aliphatic rings. The van der Waals surface area contributed by atoms with E-state index in [1.807, 2.05) is 0 Å². The van der Waals surface area contributed by atoms with E-state index in [0.29, 0.717) is 5.92 Å². The minimum absolute atomic E-state index is 0.471. The molecular formula is C15H22N2Si. The molecule has 1 atom stereocenters. The summed E-state index contributed by atoms with van der Waals surface area (Å²) in [7, 11) is -1.73. The number of hydrogen-bond donors (Lipinski definition) is 1. The van der Waals surface area contributed by atoms with Crippen LogP contribution in [-0.2, 0) is 0 Å². The molecule has 0 saturated carbocycles. The van der Waals surface area contributed by atoms with Crippen LogP contribution in [-0.4, -0.2) is 26.2 Å². The largest absolute Gasteiger partial charge is 0.374 e. The van der Waals surface area contributed by atoms with Crippen LogP contribution in [0.15, 0.2) is 46.8 Å².